The Kier molecular flexibility index (Phi) is 57.7. The Balaban J connectivity index is 4.29. The van der Waals surface area contributed by atoms with Gasteiger partial charge in [-0.2, -0.15) is 0 Å². The molecule has 0 amide bonds. The third-order valence-electron chi connectivity index (χ3n) is 13.8. The number of hydrogen-bond acceptors (Lipinski definition) is 6. The Morgan fingerprint density at radius 2 is 0.549 bits per heavy atom. The second kappa shape index (κ2) is 59.9. The zero-order valence-corrected chi connectivity index (χ0v) is 47.5. The average Bonchev–Trinajstić information content (AvgIpc) is 3.37. The molecule has 0 heterocycles. The molecule has 1 unspecified atom stereocenters. The third-order valence-corrected chi connectivity index (χ3v) is 13.8. The van der Waals surface area contributed by atoms with Crippen LogP contribution in [0.5, 0.6) is 0 Å². The predicted molar refractivity (Wildman–Crippen MR) is 307 cm³/mol. The Morgan fingerprint density at radius 1 is 0.296 bits per heavy atom. The lowest BCUT2D eigenvalue weighted by Crippen LogP contribution is -2.30. The SMILES string of the molecule is CC/C=C\C/C=C\C/C=C\C/C=C\CCCCCCCCC(=O)OC(COC(=O)CCCCCCCCCCCCCC)COC(=O)CCCCCCCCCCCCCCCCCCCCCCCC. The monoisotopic (exact) mass is 995 g/mol. The molecule has 6 nitrogen and oxygen atoms in total. The minimum absolute atomic E-state index is 0.0744. The average molecular weight is 996 g/mol. The van der Waals surface area contributed by atoms with Crippen LogP contribution in [0.4, 0.5) is 0 Å². The number of allylic oxidation sites excluding steroid dienone is 8. The van der Waals surface area contributed by atoms with E-state index >= 15 is 0 Å². The molecule has 0 aromatic carbocycles. The summed E-state index contributed by atoms with van der Waals surface area (Å²) < 4.78 is 16.9. The molecule has 0 fully saturated rings. The van der Waals surface area contributed by atoms with Crippen LogP contribution in [-0.2, 0) is 28.6 Å². The van der Waals surface area contributed by atoms with Gasteiger partial charge in [0.1, 0.15) is 13.2 Å². The van der Waals surface area contributed by atoms with Gasteiger partial charge in [-0.1, -0.05) is 301 Å². The number of unbranched alkanes of at least 4 members (excludes halogenated alkanes) is 38. The first-order valence-corrected chi connectivity index (χ1v) is 31.1. The van der Waals surface area contributed by atoms with E-state index in [0.717, 1.165) is 96.3 Å². The van der Waals surface area contributed by atoms with Crippen LogP contribution in [-0.4, -0.2) is 37.2 Å². The summed E-state index contributed by atoms with van der Waals surface area (Å²) in [5, 5.41) is 0. The summed E-state index contributed by atoms with van der Waals surface area (Å²) in [5.74, 6) is -0.868. The topological polar surface area (TPSA) is 78.9 Å². The van der Waals surface area contributed by atoms with Crippen LogP contribution in [0.1, 0.15) is 329 Å². The fourth-order valence-corrected chi connectivity index (χ4v) is 9.20. The summed E-state index contributed by atoms with van der Waals surface area (Å²) in [7, 11) is 0. The molecule has 1 atom stereocenters. The van der Waals surface area contributed by atoms with Crippen molar-refractivity contribution in [1.82, 2.24) is 0 Å². The summed E-state index contributed by atoms with van der Waals surface area (Å²) >= 11 is 0. The molecule has 0 aromatic rings. The van der Waals surface area contributed by atoms with E-state index in [1.165, 1.54) is 193 Å². The van der Waals surface area contributed by atoms with Gasteiger partial charge < -0.3 is 14.2 Å². The second-order valence-electron chi connectivity index (χ2n) is 21.0. The summed E-state index contributed by atoms with van der Waals surface area (Å²) in [5.41, 5.74) is 0. The Labute approximate surface area is 441 Å². The number of carbonyl (C=O) groups excluding carboxylic acids is 3. The Hall–Kier alpha value is -2.63. The minimum Gasteiger partial charge on any atom is -0.462 e. The lowest BCUT2D eigenvalue weighted by molar-refractivity contribution is -0.167. The third kappa shape index (κ3) is 58.1. The molecule has 414 valence electrons. The van der Waals surface area contributed by atoms with Gasteiger partial charge in [0, 0.05) is 19.3 Å². The molecule has 0 aromatic heterocycles. The summed E-state index contributed by atoms with van der Waals surface area (Å²) in [4.78, 5) is 38.2. The van der Waals surface area contributed by atoms with Crippen LogP contribution < -0.4 is 0 Å². The zero-order chi connectivity index (χ0) is 51.4. The predicted octanol–water partition coefficient (Wildman–Crippen LogP) is 21.0. The minimum atomic E-state index is -0.778. The maximum atomic E-state index is 12.9. The van der Waals surface area contributed by atoms with Gasteiger partial charge in [0.05, 0.1) is 0 Å². The van der Waals surface area contributed by atoms with E-state index in [-0.39, 0.29) is 31.1 Å². The van der Waals surface area contributed by atoms with Crippen molar-refractivity contribution < 1.29 is 28.6 Å². The second-order valence-corrected chi connectivity index (χ2v) is 21.0. The first-order chi connectivity index (χ1) is 35.0. The van der Waals surface area contributed by atoms with Crippen LogP contribution in [0.15, 0.2) is 48.6 Å². The molecule has 0 aliphatic rings. The highest BCUT2D eigenvalue weighted by Gasteiger charge is 2.19. The van der Waals surface area contributed by atoms with Gasteiger partial charge in [-0.15, -0.1) is 0 Å². The normalized spacial score (nSPS) is 12.3. The smallest absolute Gasteiger partial charge is 0.306 e. The fourth-order valence-electron chi connectivity index (χ4n) is 9.20. The number of esters is 3. The van der Waals surface area contributed by atoms with Gasteiger partial charge in [0.15, 0.2) is 6.10 Å². The summed E-state index contributed by atoms with van der Waals surface area (Å²) in [6.07, 6.45) is 74.0. The summed E-state index contributed by atoms with van der Waals surface area (Å²) in [6.45, 7) is 6.56. The van der Waals surface area contributed by atoms with E-state index in [1.807, 2.05) is 0 Å². The van der Waals surface area contributed by atoms with Crippen molar-refractivity contribution in [2.24, 2.45) is 0 Å². The van der Waals surface area contributed by atoms with Crippen molar-refractivity contribution in [2.75, 3.05) is 13.2 Å². The molecule has 0 radical (unpaired) electrons. The first-order valence-electron chi connectivity index (χ1n) is 31.1. The summed E-state index contributed by atoms with van der Waals surface area (Å²) in [6, 6.07) is 0. The van der Waals surface area contributed by atoms with Crippen LogP contribution in [0, 0.1) is 0 Å². The van der Waals surface area contributed by atoms with Gasteiger partial charge in [0.2, 0.25) is 0 Å². The number of carbonyl (C=O) groups is 3. The van der Waals surface area contributed by atoms with E-state index in [2.05, 4.69) is 69.4 Å². The van der Waals surface area contributed by atoms with E-state index in [1.54, 1.807) is 0 Å². The van der Waals surface area contributed by atoms with Crippen molar-refractivity contribution in [3.63, 3.8) is 0 Å². The lowest BCUT2D eigenvalue weighted by Gasteiger charge is -2.18. The van der Waals surface area contributed by atoms with Crippen LogP contribution in [0.2, 0.25) is 0 Å². The van der Waals surface area contributed by atoms with Gasteiger partial charge >= 0.3 is 17.9 Å². The molecule has 0 bridgehead atoms. The molecule has 0 saturated heterocycles. The highest BCUT2D eigenvalue weighted by atomic mass is 16.6. The molecule has 0 aliphatic heterocycles. The largest absolute Gasteiger partial charge is 0.462 e. The maximum absolute atomic E-state index is 12.9. The van der Waals surface area contributed by atoms with Crippen LogP contribution >= 0.6 is 0 Å². The zero-order valence-electron chi connectivity index (χ0n) is 47.5. The van der Waals surface area contributed by atoms with Gasteiger partial charge in [-0.05, 0) is 57.8 Å². The van der Waals surface area contributed by atoms with Gasteiger partial charge in [-0.3, -0.25) is 14.4 Å². The van der Waals surface area contributed by atoms with Gasteiger partial charge in [0.25, 0.3) is 0 Å². The van der Waals surface area contributed by atoms with E-state index in [0.29, 0.717) is 19.3 Å². The fraction of sp³-hybridized carbons (Fsp3) is 0.831. The van der Waals surface area contributed by atoms with E-state index < -0.39 is 6.10 Å². The molecular weight excluding hydrogens is 877 g/mol. The number of hydrogen-bond donors (Lipinski definition) is 0. The van der Waals surface area contributed by atoms with E-state index in [9.17, 15) is 14.4 Å². The maximum Gasteiger partial charge on any atom is 0.306 e. The molecule has 0 aliphatic carbocycles. The number of ether oxygens (including phenoxy) is 3. The molecule has 0 saturated carbocycles. The van der Waals surface area contributed by atoms with Crippen LogP contribution in [0.3, 0.4) is 0 Å². The Morgan fingerprint density at radius 3 is 0.859 bits per heavy atom. The van der Waals surface area contributed by atoms with Crippen molar-refractivity contribution in [3.8, 4) is 0 Å². The van der Waals surface area contributed by atoms with Crippen molar-refractivity contribution in [2.45, 2.75) is 335 Å². The molecule has 6 heteroatoms. The number of rotatable bonds is 57. The molecule has 71 heavy (non-hydrogen) atoms. The van der Waals surface area contributed by atoms with Crippen molar-refractivity contribution >= 4 is 17.9 Å². The molecule has 0 N–H and O–H groups in total. The van der Waals surface area contributed by atoms with Crippen molar-refractivity contribution in [1.29, 1.82) is 0 Å². The molecule has 0 rings (SSSR count). The van der Waals surface area contributed by atoms with E-state index in [4.69, 9.17) is 14.2 Å². The lowest BCUT2D eigenvalue weighted by atomic mass is 10.0. The highest BCUT2D eigenvalue weighted by Crippen LogP contribution is 2.17. The van der Waals surface area contributed by atoms with Crippen LogP contribution in [0.25, 0.3) is 0 Å². The highest BCUT2D eigenvalue weighted by molar-refractivity contribution is 5.71. The van der Waals surface area contributed by atoms with Gasteiger partial charge in [-0.25, -0.2) is 0 Å². The first kappa shape index (κ1) is 68.4. The quantitative estimate of drug-likeness (QED) is 0.0261. The molecule has 0 spiro atoms. The standard InChI is InChI=1S/C65H118O6/c1-4-7-10-13-16-19-22-25-27-29-31-32-33-35-36-38-40-43-46-49-52-55-58-64(67)70-61-62(60-69-63(66)57-54-51-48-45-42-24-21-18-15-12-9-6-3)71-65(68)59-56-53-50-47-44-41-39-37-34-30-28-26-23-20-17-14-11-8-5-2/h8,11,17,20,26,28,34,37,62H,4-7,9-10,12-16,18-19,21-25,27,29-33,35-36,38-61H2,1-3H3/b11-8-,20-17-,28-26-,37-34-. The molecular formula is C65H118O6. The Bertz CT molecular complexity index is 1230. The van der Waals surface area contributed by atoms with Crippen molar-refractivity contribution in [3.05, 3.63) is 48.6 Å².